The SMILES string of the molecule is CCCCCCCC[C@H](CCC(=O)NC)OC(C)=O. The van der Waals surface area contributed by atoms with Crippen molar-refractivity contribution >= 4 is 11.9 Å². The summed E-state index contributed by atoms with van der Waals surface area (Å²) < 4.78 is 5.25. The highest BCUT2D eigenvalue weighted by atomic mass is 16.5. The number of carbonyl (C=O) groups is 2. The standard InChI is InChI=1S/C15H29NO3/c1-4-5-6-7-8-9-10-14(19-13(2)17)11-12-15(18)16-3/h14H,4-12H2,1-3H3,(H,16,18)/t14-/m1/s1. The Balaban J connectivity index is 3.79. The van der Waals surface area contributed by atoms with Crippen molar-refractivity contribution in [1.29, 1.82) is 0 Å². The maximum absolute atomic E-state index is 11.2. The third-order valence-electron chi connectivity index (χ3n) is 3.18. The average molecular weight is 271 g/mol. The Labute approximate surface area is 117 Å². The third-order valence-corrected chi connectivity index (χ3v) is 3.18. The molecule has 0 unspecified atom stereocenters. The molecule has 0 aromatic carbocycles. The van der Waals surface area contributed by atoms with Crippen LogP contribution in [0.5, 0.6) is 0 Å². The summed E-state index contributed by atoms with van der Waals surface area (Å²) in [5.41, 5.74) is 0. The third kappa shape index (κ3) is 11.7. The second kappa shape index (κ2) is 12.0. The zero-order valence-corrected chi connectivity index (χ0v) is 12.7. The van der Waals surface area contributed by atoms with Gasteiger partial charge < -0.3 is 10.1 Å². The zero-order chi connectivity index (χ0) is 14.5. The first-order valence-electron chi connectivity index (χ1n) is 7.48. The smallest absolute Gasteiger partial charge is 0.302 e. The van der Waals surface area contributed by atoms with Gasteiger partial charge >= 0.3 is 5.97 Å². The highest BCUT2D eigenvalue weighted by Crippen LogP contribution is 2.14. The summed E-state index contributed by atoms with van der Waals surface area (Å²) in [4.78, 5) is 22.2. The van der Waals surface area contributed by atoms with Gasteiger partial charge in [-0.05, 0) is 19.3 Å². The van der Waals surface area contributed by atoms with Crippen LogP contribution in [-0.2, 0) is 14.3 Å². The molecule has 0 aromatic rings. The Morgan fingerprint density at radius 3 is 2.26 bits per heavy atom. The van der Waals surface area contributed by atoms with Crippen LogP contribution in [0.1, 0.15) is 71.6 Å². The van der Waals surface area contributed by atoms with Gasteiger partial charge in [-0.25, -0.2) is 0 Å². The highest BCUT2D eigenvalue weighted by molar-refractivity contribution is 5.75. The molecular weight excluding hydrogens is 242 g/mol. The molecule has 0 heterocycles. The molecule has 1 atom stereocenters. The van der Waals surface area contributed by atoms with E-state index in [1.807, 2.05) is 0 Å². The van der Waals surface area contributed by atoms with Gasteiger partial charge in [-0.2, -0.15) is 0 Å². The van der Waals surface area contributed by atoms with Gasteiger partial charge in [0.25, 0.3) is 0 Å². The molecule has 19 heavy (non-hydrogen) atoms. The van der Waals surface area contributed by atoms with E-state index in [-0.39, 0.29) is 18.0 Å². The van der Waals surface area contributed by atoms with Crippen LogP contribution >= 0.6 is 0 Å². The molecule has 1 amide bonds. The van der Waals surface area contributed by atoms with Crippen molar-refractivity contribution in [1.82, 2.24) is 5.32 Å². The van der Waals surface area contributed by atoms with Crippen LogP contribution in [0.25, 0.3) is 0 Å². The van der Waals surface area contributed by atoms with Gasteiger partial charge in [-0.15, -0.1) is 0 Å². The Morgan fingerprint density at radius 2 is 1.68 bits per heavy atom. The molecule has 0 spiro atoms. The number of amides is 1. The Morgan fingerprint density at radius 1 is 1.05 bits per heavy atom. The molecule has 1 N–H and O–H groups in total. The van der Waals surface area contributed by atoms with Gasteiger partial charge in [-0.3, -0.25) is 9.59 Å². The van der Waals surface area contributed by atoms with Gasteiger partial charge in [0.05, 0.1) is 0 Å². The number of ether oxygens (including phenoxy) is 1. The molecule has 4 nitrogen and oxygen atoms in total. The maximum atomic E-state index is 11.2. The molecule has 4 heteroatoms. The van der Waals surface area contributed by atoms with Crippen molar-refractivity contribution in [2.45, 2.75) is 77.7 Å². The van der Waals surface area contributed by atoms with E-state index < -0.39 is 0 Å². The van der Waals surface area contributed by atoms with E-state index in [1.54, 1.807) is 7.05 Å². The minimum Gasteiger partial charge on any atom is -0.463 e. The van der Waals surface area contributed by atoms with Crippen molar-refractivity contribution in [3.05, 3.63) is 0 Å². The monoisotopic (exact) mass is 271 g/mol. The number of unbranched alkanes of at least 4 members (excludes halogenated alkanes) is 5. The number of carbonyl (C=O) groups excluding carboxylic acids is 2. The minimum atomic E-state index is -0.257. The topological polar surface area (TPSA) is 55.4 Å². The van der Waals surface area contributed by atoms with Crippen LogP contribution in [0.2, 0.25) is 0 Å². The van der Waals surface area contributed by atoms with Crippen LogP contribution < -0.4 is 5.32 Å². The van der Waals surface area contributed by atoms with Gasteiger partial charge in [0.15, 0.2) is 0 Å². The maximum Gasteiger partial charge on any atom is 0.302 e. The summed E-state index contributed by atoms with van der Waals surface area (Å²) in [5.74, 6) is -0.256. The van der Waals surface area contributed by atoms with Gasteiger partial charge in [-0.1, -0.05) is 39.0 Å². The average Bonchev–Trinajstić information content (AvgIpc) is 2.38. The summed E-state index contributed by atoms with van der Waals surface area (Å²) in [6, 6.07) is 0. The molecule has 0 rings (SSSR count). The summed E-state index contributed by atoms with van der Waals surface area (Å²) in [6.45, 7) is 3.63. The molecule has 0 aliphatic rings. The second-order valence-corrected chi connectivity index (χ2v) is 5.00. The summed E-state index contributed by atoms with van der Waals surface area (Å²) >= 11 is 0. The van der Waals surface area contributed by atoms with Gasteiger partial charge in [0.1, 0.15) is 6.10 Å². The van der Waals surface area contributed by atoms with E-state index in [2.05, 4.69) is 12.2 Å². The van der Waals surface area contributed by atoms with Crippen LogP contribution in [0.4, 0.5) is 0 Å². The van der Waals surface area contributed by atoms with Crippen molar-refractivity contribution < 1.29 is 14.3 Å². The first-order valence-corrected chi connectivity index (χ1v) is 7.48. The number of esters is 1. The summed E-state index contributed by atoms with van der Waals surface area (Å²) in [6.07, 6.45) is 9.12. The summed E-state index contributed by atoms with van der Waals surface area (Å²) in [5, 5.41) is 2.58. The minimum absolute atomic E-state index is 0.0000906. The van der Waals surface area contributed by atoms with E-state index in [0.29, 0.717) is 12.8 Å². The molecule has 0 aromatic heterocycles. The Bertz CT molecular complexity index is 254. The molecule has 0 aliphatic heterocycles. The van der Waals surface area contributed by atoms with E-state index in [0.717, 1.165) is 12.8 Å². The predicted octanol–water partition coefficient (Wildman–Crippen LogP) is 3.19. The van der Waals surface area contributed by atoms with Gasteiger partial charge in [0, 0.05) is 20.4 Å². The molecule has 0 saturated carbocycles. The molecule has 0 aliphatic carbocycles. The van der Waals surface area contributed by atoms with Gasteiger partial charge in [0.2, 0.25) is 5.91 Å². The molecule has 0 saturated heterocycles. The van der Waals surface area contributed by atoms with Crippen LogP contribution in [-0.4, -0.2) is 25.0 Å². The Kier molecular flexibility index (Phi) is 11.3. The first-order chi connectivity index (χ1) is 9.10. The van der Waals surface area contributed by atoms with E-state index in [9.17, 15) is 9.59 Å². The molecule has 0 fully saturated rings. The fraction of sp³-hybridized carbons (Fsp3) is 0.867. The number of hydrogen-bond acceptors (Lipinski definition) is 3. The fourth-order valence-corrected chi connectivity index (χ4v) is 2.07. The van der Waals surface area contributed by atoms with Crippen molar-refractivity contribution in [2.24, 2.45) is 0 Å². The van der Waals surface area contributed by atoms with Crippen LogP contribution in [0.15, 0.2) is 0 Å². The Hall–Kier alpha value is -1.06. The predicted molar refractivity (Wildman–Crippen MR) is 76.8 cm³/mol. The molecule has 0 radical (unpaired) electrons. The normalized spacial score (nSPS) is 11.9. The van der Waals surface area contributed by atoms with E-state index in [4.69, 9.17) is 4.74 Å². The quantitative estimate of drug-likeness (QED) is 0.464. The molecule has 112 valence electrons. The zero-order valence-electron chi connectivity index (χ0n) is 12.7. The largest absolute Gasteiger partial charge is 0.463 e. The van der Waals surface area contributed by atoms with Crippen molar-refractivity contribution in [3.63, 3.8) is 0 Å². The van der Waals surface area contributed by atoms with E-state index in [1.165, 1.54) is 39.0 Å². The lowest BCUT2D eigenvalue weighted by Gasteiger charge is -2.16. The lowest BCUT2D eigenvalue weighted by atomic mass is 10.0. The fourth-order valence-electron chi connectivity index (χ4n) is 2.07. The van der Waals surface area contributed by atoms with Crippen LogP contribution in [0.3, 0.4) is 0 Å². The number of hydrogen-bond donors (Lipinski definition) is 1. The molecular formula is C15H29NO3. The van der Waals surface area contributed by atoms with E-state index >= 15 is 0 Å². The second-order valence-electron chi connectivity index (χ2n) is 5.00. The lowest BCUT2D eigenvalue weighted by Crippen LogP contribution is -2.22. The van der Waals surface area contributed by atoms with Crippen LogP contribution in [0, 0.1) is 0 Å². The lowest BCUT2D eigenvalue weighted by molar-refractivity contribution is -0.147. The summed E-state index contributed by atoms with van der Waals surface area (Å²) in [7, 11) is 1.62. The number of nitrogens with one attached hydrogen (secondary N) is 1. The number of rotatable bonds is 11. The first kappa shape index (κ1) is 17.9. The highest BCUT2D eigenvalue weighted by Gasteiger charge is 2.13. The molecule has 0 bridgehead atoms. The van der Waals surface area contributed by atoms with Crippen molar-refractivity contribution in [3.8, 4) is 0 Å². The van der Waals surface area contributed by atoms with Crippen molar-refractivity contribution in [2.75, 3.05) is 7.05 Å².